The lowest BCUT2D eigenvalue weighted by Crippen LogP contribution is -2.39. The maximum Gasteiger partial charge on any atom is 0.313 e. The van der Waals surface area contributed by atoms with E-state index in [2.05, 4.69) is 16.0 Å². The molecule has 0 fully saturated rings. The molecule has 3 amide bonds. The van der Waals surface area contributed by atoms with Gasteiger partial charge in [-0.05, 0) is 30.3 Å². The predicted octanol–water partition coefficient (Wildman–Crippen LogP) is 2.70. The zero-order valence-corrected chi connectivity index (χ0v) is 15.1. The minimum Gasteiger partial charge on any atom is -0.495 e. The van der Waals surface area contributed by atoms with Crippen LogP contribution in [0.5, 0.6) is 5.75 Å². The van der Waals surface area contributed by atoms with Crippen LogP contribution in [0, 0.1) is 0 Å². The van der Waals surface area contributed by atoms with Crippen LogP contribution in [0.1, 0.15) is 0 Å². The molecule has 7 nitrogen and oxygen atoms in total. The lowest BCUT2D eigenvalue weighted by atomic mass is 10.3. The van der Waals surface area contributed by atoms with Crippen LogP contribution in [0.3, 0.4) is 0 Å². The molecule has 2 aromatic carbocycles. The zero-order valence-electron chi connectivity index (χ0n) is 13.6. The smallest absolute Gasteiger partial charge is 0.313 e. The van der Waals surface area contributed by atoms with Crippen LogP contribution in [0.2, 0.25) is 10.0 Å². The molecule has 0 aliphatic rings. The number of methoxy groups -OCH3 is 1. The fourth-order valence-corrected chi connectivity index (χ4v) is 2.24. The maximum absolute atomic E-state index is 11.9. The van der Waals surface area contributed by atoms with Crippen molar-refractivity contribution in [3.63, 3.8) is 0 Å². The predicted molar refractivity (Wildman–Crippen MR) is 99.7 cm³/mol. The summed E-state index contributed by atoms with van der Waals surface area (Å²) in [5.41, 5.74) is 0.757. The Kier molecular flexibility index (Phi) is 6.82. The first kappa shape index (κ1) is 19.6. The molecule has 2 aromatic rings. The van der Waals surface area contributed by atoms with E-state index in [0.29, 0.717) is 22.1 Å². The van der Waals surface area contributed by atoms with Gasteiger partial charge in [0.15, 0.2) is 0 Å². The number of halogens is 2. The van der Waals surface area contributed by atoms with Crippen LogP contribution in [-0.4, -0.2) is 31.4 Å². The first-order valence-corrected chi connectivity index (χ1v) is 8.13. The summed E-state index contributed by atoms with van der Waals surface area (Å²) in [5, 5.41) is 7.71. The lowest BCUT2D eigenvalue weighted by Gasteiger charge is -2.10. The minimum atomic E-state index is -0.966. The number of anilines is 2. The number of carbonyl (C=O) groups excluding carboxylic acids is 3. The van der Waals surface area contributed by atoms with E-state index in [4.69, 9.17) is 27.9 Å². The van der Waals surface area contributed by atoms with Gasteiger partial charge in [0.25, 0.3) is 0 Å². The highest BCUT2D eigenvalue weighted by atomic mass is 35.5. The van der Waals surface area contributed by atoms with E-state index in [0.717, 1.165) is 0 Å². The van der Waals surface area contributed by atoms with Gasteiger partial charge in [0, 0.05) is 5.69 Å². The Morgan fingerprint density at radius 2 is 1.69 bits per heavy atom. The number of ether oxygens (including phenoxy) is 1. The summed E-state index contributed by atoms with van der Waals surface area (Å²) < 4.78 is 5.11. The molecular formula is C17H15Cl2N3O4. The largest absolute Gasteiger partial charge is 0.495 e. The molecule has 0 aliphatic carbocycles. The van der Waals surface area contributed by atoms with E-state index in [-0.39, 0.29) is 11.6 Å². The van der Waals surface area contributed by atoms with Crippen molar-refractivity contribution in [2.75, 3.05) is 24.3 Å². The number of benzene rings is 2. The molecule has 0 aromatic heterocycles. The van der Waals surface area contributed by atoms with Crippen LogP contribution in [0.4, 0.5) is 11.4 Å². The van der Waals surface area contributed by atoms with Crippen molar-refractivity contribution < 1.29 is 19.1 Å². The molecule has 0 aliphatic heterocycles. The van der Waals surface area contributed by atoms with Crippen LogP contribution in [0.25, 0.3) is 0 Å². The third-order valence-corrected chi connectivity index (χ3v) is 3.91. The Bertz CT molecular complexity index is 843. The molecule has 0 saturated heterocycles. The van der Waals surface area contributed by atoms with E-state index >= 15 is 0 Å². The lowest BCUT2D eigenvalue weighted by molar-refractivity contribution is -0.136. The molecule has 3 N–H and O–H groups in total. The number of rotatable bonds is 5. The fraction of sp³-hybridized carbons (Fsp3) is 0.118. The van der Waals surface area contributed by atoms with Gasteiger partial charge in [-0.15, -0.1) is 0 Å². The Hall–Kier alpha value is -2.77. The van der Waals surface area contributed by atoms with Gasteiger partial charge in [0.2, 0.25) is 5.91 Å². The molecule has 0 saturated carbocycles. The van der Waals surface area contributed by atoms with Crippen molar-refractivity contribution in [1.29, 1.82) is 0 Å². The number of nitrogens with one attached hydrogen (secondary N) is 3. The monoisotopic (exact) mass is 395 g/mol. The molecular weight excluding hydrogens is 381 g/mol. The van der Waals surface area contributed by atoms with E-state index < -0.39 is 17.7 Å². The van der Waals surface area contributed by atoms with Crippen molar-refractivity contribution in [2.45, 2.75) is 0 Å². The van der Waals surface area contributed by atoms with Gasteiger partial charge >= 0.3 is 11.8 Å². The molecule has 9 heteroatoms. The quantitative estimate of drug-likeness (QED) is 0.678. The summed E-state index contributed by atoms with van der Waals surface area (Å²) >= 11 is 11.6. The van der Waals surface area contributed by atoms with Crippen molar-refractivity contribution in [2.24, 2.45) is 0 Å². The topological polar surface area (TPSA) is 96.5 Å². The number of para-hydroxylation sites is 2. The zero-order chi connectivity index (χ0) is 19.1. The maximum atomic E-state index is 11.9. The highest BCUT2D eigenvalue weighted by Crippen LogP contribution is 2.25. The van der Waals surface area contributed by atoms with Gasteiger partial charge < -0.3 is 20.7 Å². The van der Waals surface area contributed by atoms with Crippen LogP contribution in [0.15, 0.2) is 42.5 Å². The number of carbonyl (C=O) groups is 3. The fourth-order valence-electron chi connectivity index (χ4n) is 1.94. The number of hydrogen-bond acceptors (Lipinski definition) is 4. The van der Waals surface area contributed by atoms with Gasteiger partial charge in [-0.2, -0.15) is 0 Å². The summed E-state index contributed by atoms with van der Waals surface area (Å²) in [5.74, 6) is -1.94. The second-order valence-electron chi connectivity index (χ2n) is 5.01. The van der Waals surface area contributed by atoms with Crippen molar-refractivity contribution in [3.8, 4) is 5.75 Å². The first-order chi connectivity index (χ1) is 12.4. The van der Waals surface area contributed by atoms with Crippen molar-refractivity contribution >= 4 is 52.3 Å². The van der Waals surface area contributed by atoms with Gasteiger partial charge in [0.05, 0.1) is 29.4 Å². The van der Waals surface area contributed by atoms with Crippen molar-refractivity contribution in [3.05, 3.63) is 52.5 Å². The van der Waals surface area contributed by atoms with Gasteiger partial charge in [0.1, 0.15) is 5.75 Å². The normalized spacial score (nSPS) is 9.96. The van der Waals surface area contributed by atoms with E-state index in [9.17, 15) is 14.4 Å². The average molecular weight is 396 g/mol. The Labute approximate surface area is 159 Å². The number of amides is 3. The molecule has 0 bridgehead atoms. The summed E-state index contributed by atoms with van der Waals surface area (Å²) in [4.78, 5) is 35.5. The summed E-state index contributed by atoms with van der Waals surface area (Å²) in [7, 11) is 1.47. The summed E-state index contributed by atoms with van der Waals surface area (Å²) in [6, 6.07) is 11.2. The van der Waals surface area contributed by atoms with Gasteiger partial charge in [-0.1, -0.05) is 35.3 Å². The minimum absolute atomic E-state index is 0.237. The molecule has 0 heterocycles. The standard InChI is InChI=1S/C17H15Cl2N3O4/c1-26-14-5-3-2-4-13(14)22-15(23)9-20-16(24)17(25)21-10-6-7-11(18)12(19)8-10/h2-8H,9H2,1H3,(H,20,24)(H,21,25)(H,22,23). The Balaban J connectivity index is 1.86. The molecule has 0 atom stereocenters. The van der Waals surface area contributed by atoms with E-state index in [1.54, 1.807) is 24.3 Å². The molecule has 0 unspecified atom stereocenters. The SMILES string of the molecule is COc1ccccc1NC(=O)CNC(=O)C(=O)Nc1ccc(Cl)c(Cl)c1. The highest BCUT2D eigenvalue weighted by Gasteiger charge is 2.16. The summed E-state index contributed by atoms with van der Waals surface area (Å²) in [6.07, 6.45) is 0. The Morgan fingerprint density at radius 1 is 0.962 bits per heavy atom. The van der Waals surface area contributed by atoms with Gasteiger partial charge in [-0.3, -0.25) is 14.4 Å². The van der Waals surface area contributed by atoms with E-state index in [1.807, 2.05) is 0 Å². The number of hydrogen-bond donors (Lipinski definition) is 3. The van der Waals surface area contributed by atoms with Crippen LogP contribution in [-0.2, 0) is 14.4 Å². The van der Waals surface area contributed by atoms with Crippen LogP contribution >= 0.6 is 23.2 Å². The Morgan fingerprint density at radius 3 is 2.38 bits per heavy atom. The highest BCUT2D eigenvalue weighted by molar-refractivity contribution is 6.43. The van der Waals surface area contributed by atoms with Crippen molar-refractivity contribution in [1.82, 2.24) is 5.32 Å². The molecule has 26 heavy (non-hydrogen) atoms. The summed E-state index contributed by atoms with van der Waals surface area (Å²) in [6.45, 7) is -0.383. The van der Waals surface area contributed by atoms with Gasteiger partial charge in [-0.25, -0.2) is 0 Å². The second kappa shape index (κ2) is 9.07. The molecule has 2 rings (SSSR count). The first-order valence-electron chi connectivity index (χ1n) is 7.38. The third kappa shape index (κ3) is 5.37. The van der Waals surface area contributed by atoms with Crippen LogP contribution < -0.4 is 20.7 Å². The third-order valence-electron chi connectivity index (χ3n) is 3.17. The molecule has 0 radical (unpaired) electrons. The average Bonchev–Trinajstić information content (AvgIpc) is 2.63. The van der Waals surface area contributed by atoms with E-state index in [1.165, 1.54) is 25.3 Å². The molecule has 136 valence electrons. The molecule has 0 spiro atoms. The second-order valence-corrected chi connectivity index (χ2v) is 5.83.